The van der Waals surface area contributed by atoms with Gasteiger partial charge >= 0.3 is 0 Å². The predicted molar refractivity (Wildman–Crippen MR) is 120 cm³/mol. The average molecular weight is 423 g/mol. The van der Waals surface area contributed by atoms with Crippen molar-refractivity contribution in [3.8, 4) is 11.8 Å². The van der Waals surface area contributed by atoms with Gasteiger partial charge in [0.05, 0.1) is 11.3 Å². The molecule has 3 aromatic rings. The number of hydrogen-bond donors (Lipinski definition) is 2. The van der Waals surface area contributed by atoms with Gasteiger partial charge in [0.2, 0.25) is 0 Å². The normalized spacial score (nSPS) is 30.2. The van der Waals surface area contributed by atoms with Crippen LogP contribution in [0.4, 0.5) is 0 Å². The lowest BCUT2D eigenvalue weighted by Crippen LogP contribution is -2.61. The highest BCUT2D eigenvalue weighted by Crippen LogP contribution is 2.54. The lowest BCUT2D eigenvalue weighted by Gasteiger charge is -2.40. The molecule has 1 spiro atoms. The van der Waals surface area contributed by atoms with E-state index in [2.05, 4.69) is 41.4 Å². The van der Waals surface area contributed by atoms with Gasteiger partial charge in [-0.3, -0.25) is 5.41 Å². The molecule has 1 saturated carbocycles. The lowest BCUT2D eigenvalue weighted by atomic mass is 9.91. The summed E-state index contributed by atoms with van der Waals surface area (Å²) < 4.78 is 27.6. The lowest BCUT2D eigenvalue weighted by molar-refractivity contribution is 0.452. The van der Waals surface area contributed by atoms with E-state index in [-0.39, 0.29) is 17.5 Å². The third-order valence-corrected chi connectivity index (χ3v) is 10.5. The zero-order valence-electron chi connectivity index (χ0n) is 16.6. The van der Waals surface area contributed by atoms with E-state index in [1.165, 1.54) is 4.70 Å². The van der Waals surface area contributed by atoms with Crippen LogP contribution in [0.3, 0.4) is 0 Å². The highest BCUT2D eigenvalue weighted by atomic mass is 32.2. The van der Waals surface area contributed by atoms with Gasteiger partial charge in [0, 0.05) is 25.7 Å². The number of thiophene rings is 1. The number of hydrogen-bond acceptors (Lipinski definition) is 4. The molecule has 1 aliphatic carbocycles. The molecule has 29 heavy (non-hydrogen) atoms. The smallest absolute Gasteiger partial charge is 0.166 e. The minimum atomic E-state index is -3.40. The maximum Gasteiger partial charge on any atom is 0.166 e. The first kappa shape index (κ1) is 18.7. The van der Waals surface area contributed by atoms with Gasteiger partial charge in [-0.05, 0) is 62.1 Å². The third kappa shape index (κ3) is 2.50. The number of benzene rings is 2. The molecule has 0 unspecified atom stereocenters. The molecule has 2 aliphatic rings. The van der Waals surface area contributed by atoms with Crippen LogP contribution in [0.1, 0.15) is 38.3 Å². The Balaban J connectivity index is 1.65. The molecular formula is C23H22N2O2S2. The number of amidine groups is 1. The van der Waals surface area contributed by atoms with Crippen molar-refractivity contribution >= 4 is 47.2 Å². The molecule has 6 heteroatoms. The monoisotopic (exact) mass is 422 g/mol. The summed E-state index contributed by atoms with van der Waals surface area (Å²) in [5.41, 5.74) is 1.06. The van der Waals surface area contributed by atoms with Crippen molar-refractivity contribution in [1.82, 2.24) is 5.32 Å². The molecule has 2 aromatic carbocycles. The molecule has 1 aliphatic heterocycles. The van der Waals surface area contributed by atoms with Crippen molar-refractivity contribution in [3.63, 3.8) is 0 Å². The summed E-state index contributed by atoms with van der Waals surface area (Å²) in [6.07, 6.45) is 0.548. The first-order valence-electron chi connectivity index (χ1n) is 9.69. The van der Waals surface area contributed by atoms with E-state index in [9.17, 15) is 8.42 Å². The van der Waals surface area contributed by atoms with Crippen molar-refractivity contribution in [2.45, 2.75) is 37.5 Å². The first-order chi connectivity index (χ1) is 13.7. The van der Waals surface area contributed by atoms with Gasteiger partial charge < -0.3 is 5.32 Å². The van der Waals surface area contributed by atoms with Crippen molar-refractivity contribution in [1.29, 1.82) is 5.41 Å². The van der Waals surface area contributed by atoms with Gasteiger partial charge in [-0.15, -0.1) is 17.3 Å². The zero-order valence-corrected chi connectivity index (χ0v) is 18.2. The Kier molecular flexibility index (Phi) is 3.76. The van der Waals surface area contributed by atoms with Gasteiger partial charge in [-0.25, -0.2) is 8.42 Å². The average Bonchev–Trinajstić information content (AvgIpc) is 3.22. The second-order valence-electron chi connectivity index (χ2n) is 8.48. The first-order valence-corrected chi connectivity index (χ1v) is 12.2. The molecule has 0 amide bonds. The molecule has 2 N–H and O–H groups in total. The fourth-order valence-electron chi connectivity index (χ4n) is 4.76. The SMILES string of the molecule is CC#Cc1ccc2sc3ccc([C@]4(C)CS(=O)(=O)[C@]5(C[C@H]5C)C(=N)N4)cc3c2c1. The number of sulfone groups is 1. The summed E-state index contributed by atoms with van der Waals surface area (Å²) in [6, 6.07) is 12.4. The molecule has 3 atom stereocenters. The van der Waals surface area contributed by atoms with Crippen LogP contribution in [-0.4, -0.2) is 24.8 Å². The Morgan fingerprint density at radius 3 is 2.45 bits per heavy atom. The summed E-state index contributed by atoms with van der Waals surface area (Å²) in [6.45, 7) is 5.63. The van der Waals surface area contributed by atoms with Crippen molar-refractivity contribution < 1.29 is 8.42 Å². The van der Waals surface area contributed by atoms with E-state index in [0.29, 0.717) is 6.42 Å². The van der Waals surface area contributed by atoms with Crippen LogP contribution >= 0.6 is 11.3 Å². The Hall–Kier alpha value is -2.36. The van der Waals surface area contributed by atoms with Crippen molar-refractivity contribution in [3.05, 3.63) is 47.5 Å². The largest absolute Gasteiger partial charge is 0.362 e. The van der Waals surface area contributed by atoms with Crippen LogP contribution in [-0.2, 0) is 15.4 Å². The molecule has 2 fully saturated rings. The maximum atomic E-state index is 13.1. The van der Waals surface area contributed by atoms with E-state index in [1.807, 2.05) is 32.9 Å². The second kappa shape index (κ2) is 5.84. The molecule has 1 aromatic heterocycles. The molecule has 148 valence electrons. The van der Waals surface area contributed by atoms with Gasteiger partial charge in [0.1, 0.15) is 10.6 Å². The van der Waals surface area contributed by atoms with Crippen LogP contribution in [0.5, 0.6) is 0 Å². The van der Waals surface area contributed by atoms with E-state index < -0.39 is 20.1 Å². The summed E-state index contributed by atoms with van der Waals surface area (Å²) in [4.78, 5) is 0. The molecule has 5 rings (SSSR count). The van der Waals surface area contributed by atoms with Gasteiger partial charge in [0.15, 0.2) is 9.84 Å². The Morgan fingerprint density at radius 2 is 1.83 bits per heavy atom. The van der Waals surface area contributed by atoms with E-state index in [1.54, 1.807) is 11.3 Å². The van der Waals surface area contributed by atoms with E-state index >= 15 is 0 Å². The summed E-state index contributed by atoms with van der Waals surface area (Å²) in [5, 5.41) is 14.0. The summed E-state index contributed by atoms with van der Waals surface area (Å²) in [7, 11) is -3.40. The topological polar surface area (TPSA) is 70.0 Å². The Morgan fingerprint density at radius 1 is 1.17 bits per heavy atom. The highest BCUT2D eigenvalue weighted by molar-refractivity contribution is 7.94. The molecule has 4 nitrogen and oxygen atoms in total. The Labute approximate surface area is 174 Å². The minimum absolute atomic E-state index is 0.00680. The molecule has 1 saturated heterocycles. The summed E-state index contributed by atoms with van der Waals surface area (Å²) in [5.74, 6) is 6.22. The summed E-state index contributed by atoms with van der Waals surface area (Å²) >= 11 is 1.72. The minimum Gasteiger partial charge on any atom is -0.362 e. The van der Waals surface area contributed by atoms with Crippen LogP contribution in [0, 0.1) is 23.2 Å². The quantitative estimate of drug-likeness (QED) is 0.571. The second-order valence-corrected chi connectivity index (χ2v) is 11.8. The Bertz CT molecular complexity index is 1380. The standard InChI is InChI=1S/C23H22N2O2S2/c1-4-5-15-6-8-19-17(10-15)18-11-16(7-9-20(18)28-19)22(3)13-29(26,27)23(12-14(23)2)21(24)25-22/h6-11,14H,12-13H2,1-3H3,(H2,24,25)/t14-,22+,23+/m1/s1. The van der Waals surface area contributed by atoms with Gasteiger partial charge in [-0.1, -0.05) is 18.9 Å². The predicted octanol–water partition coefficient (Wildman–Crippen LogP) is 4.41. The van der Waals surface area contributed by atoms with Crippen LogP contribution in [0.25, 0.3) is 20.2 Å². The van der Waals surface area contributed by atoms with Crippen LogP contribution in [0.2, 0.25) is 0 Å². The molecule has 2 heterocycles. The van der Waals surface area contributed by atoms with Crippen molar-refractivity contribution in [2.75, 3.05) is 5.75 Å². The third-order valence-electron chi connectivity index (χ3n) is 6.48. The van der Waals surface area contributed by atoms with Crippen molar-refractivity contribution in [2.24, 2.45) is 5.92 Å². The number of fused-ring (bicyclic) bond motifs is 3. The zero-order chi connectivity index (χ0) is 20.6. The van der Waals surface area contributed by atoms with E-state index in [0.717, 1.165) is 26.6 Å². The fourth-order valence-corrected chi connectivity index (χ4v) is 8.56. The van der Waals surface area contributed by atoms with Crippen LogP contribution < -0.4 is 5.32 Å². The molecule has 0 radical (unpaired) electrons. The van der Waals surface area contributed by atoms with Gasteiger partial charge in [0.25, 0.3) is 0 Å². The van der Waals surface area contributed by atoms with Crippen LogP contribution in [0.15, 0.2) is 36.4 Å². The van der Waals surface area contributed by atoms with E-state index in [4.69, 9.17) is 5.41 Å². The molecule has 0 bridgehead atoms. The molecular weight excluding hydrogens is 400 g/mol. The number of nitrogens with one attached hydrogen (secondary N) is 2. The van der Waals surface area contributed by atoms with Gasteiger partial charge in [-0.2, -0.15) is 0 Å². The highest BCUT2D eigenvalue weighted by Gasteiger charge is 2.68. The fraction of sp³-hybridized carbons (Fsp3) is 0.348. The maximum absolute atomic E-state index is 13.1. The number of rotatable bonds is 1.